The number of hydrogen-bond acceptors (Lipinski definition) is 3. The van der Waals surface area contributed by atoms with Crippen LogP contribution < -0.4 is 5.73 Å². The van der Waals surface area contributed by atoms with Crippen LogP contribution >= 0.6 is 35.0 Å². The SMILES string of the molecule is COCCCSc1cc(Cl)c(Cl)cc1N. The Bertz CT molecular complexity index is 333. The standard InChI is InChI=1S/C10H13Cl2NOS/c1-14-3-2-4-15-10-6-8(12)7(11)5-9(10)13/h5-6H,2-4,13H2,1H3. The Kier molecular flexibility index (Phi) is 5.61. The molecule has 1 rings (SSSR count). The predicted octanol–water partition coefficient (Wildman–Crippen LogP) is 3.70. The molecule has 84 valence electrons. The van der Waals surface area contributed by atoms with Gasteiger partial charge in [0.2, 0.25) is 0 Å². The molecule has 0 fully saturated rings. The molecule has 0 radical (unpaired) electrons. The molecule has 15 heavy (non-hydrogen) atoms. The summed E-state index contributed by atoms with van der Waals surface area (Å²) in [6.45, 7) is 0.758. The molecule has 0 spiro atoms. The van der Waals surface area contributed by atoms with E-state index >= 15 is 0 Å². The number of thioether (sulfide) groups is 1. The number of ether oxygens (including phenoxy) is 1. The highest BCUT2D eigenvalue weighted by atomic mass is 35.5. The molecule has 0 aliphatic carbocycles. The highest BCUT2D eigenvalue weighted by Crippen LogP contribution is 2.33. The Hall–Kier alpha value is -0.0900. The molecule has 0 saturated carbocycles. The number of nitrogen functional groups attached to an aromatic ring is 1. The molecule has 0 unspecified atom stereocenters. The number of hydrogen-bond donors (Lipinski definition) is 1. The van der Waals surface area contributed by atoms with Crippen LogP contribution in [0.2, 0.25) is 10.0 Å². The van der Waals surface area contributed by atoms with Crippen molar-refractivity contribution in [2.45, 2.75) is 11.3 Å². The average Bonchev–Trinajstić information content (AvgIpc) is 2.20. The van der Waals surface area contributed by atoms with Crippen molar-refractivity contribution < 1.29 is 4.74 Å². The first-order chi connectivity index (χ1) is 7.15. The van der Waals surface area contributed by atoms with Crippen molar-refractivity contribution in [1.29, 1.82) is 0 Å². The Morgan fingerprint density at radius 2 is 2.00 bits per heavy atom. The van der Waals surface area contributed by atoms with Crippen LogP contribution in [0, 0.1) is 0 Å². The largest absolute Gasteiger partial charge is 0.398 e. The molecule has 0 saturated heterocycles. The Balaban J connectivity index is 2.57. The summed E-state index contributed by atoms with van der Waals surface area (Å²) < 4.78 is 4.96. The molecule has 0 aliphatic rings. The predicted molar refractivity (Wildman–Crippen MR) is 68.1 cm³/mol. The third kappa shape index (κ3) is 4.11. The molecule has 1 aromatic rings. The molecule has 0 bridgehead atoms. The van der Waals surface area contributed by atoms with Crippen molar-refractivity contribution in [2.24, 2.45) is 0 Å². The molecule has 0 atom stereocenters. The van der Waals surface area contributed by atoms with Crippen LogP contribution in [0.25, 0.3) is 0 Å². The lowest BCUT2D eigenvalue weighted by molar-refractivity contribution is 0.200. The van der Waals surface area contributed by atoms with Gasteiger partial charge in [0.25, 0.3) is 0 Å². The summed E-state index contributed by atoms with van der Waals surface area (Å²) in [4.78, 5) is 0.973. The molecular formula is C10H13Cl2NOS. The topological polar surface area (TPSA) is 35.2 Å². The number of anilines is 1. The van der Waals surface area contributed by atoms with E-state index < -0.39 is 0 Å². The van der Waals surface area contributed by atoms with E-state index in [2.05, 4.69) is 0 Å². The van der Waals surface area contributed by atoms with Crippen LogP contribution in [0.15, 0.2) is 17.0 Å². The lowest BCUT2D eigenvalue weighted by atomic mass is 10.3. The van der Waals surface area contributed by atoms with E-state index in [9.17, 15) is 0 Å². The summed E-state index contributed by atoms with van der Waals surface area (Å²) in [5.74, 6) is 0.954. The third-order valence-corrected chi connectivity index (χ3v) is 3.68. The zero-order chi connectivity index (χ0) is 11.3. The van der Waals surface area contributed by atoms with Crippen LogP contribution in [-0.4, -0.2) is 19.5 Å². The van der Waals surface area contributed by atoms with Crippen molar-refractivity contribution in [2.75, 3.05) is 25.2 Å². The lowest BCUT2D eigenvalue weighted by Crippen LogP contribution is -1.93. The molecular weight excluding hydrogens is 253 g/mol. The van der Waals surface area contributed by atoms with Crippen molar-refractivity contribution in [1.82, 2.24) is 0 Å². The fraction of sp³-hybridized carbons (Fsp3) is 0.400. The Morgan fingerprint density at radius 3 is 2.67 bits per heavy atom. The first-order valence-electron chi connectivity index (χ1n) is 4.51. The molecule has 0 aliphatic heterocycles. The second-order valence-electron chi connectivity index (χ2n) is 3.00. The van der Waals surface area contributed by atoms with Gasteiger partial charge in [-0.05, 0) is 18.6 Å². The summed E-state index contributed by atoms with van der Waals surface area (Å²) >= 11 is 13.4. The van der Waals surface area contributed by atoms with Gasteiger partial charge in [0.15, 0.2) is 0 Å². The monoisotopic (exact) mass is 265 g/mol. The van der Waals surface area contributed by atoms with E-state index in [-0.39, 0.29) is 0 Å². The number of rotatable bonds is 5. The summed E-state index contributed by atoms with van der Waals surface area (Å²) in [7, 11) is 1.69. The molecule has 0 aromatic heterocycles. The van der Waals surface area contributed by atoms with Gasteiger partial charge >= 0.3 is 0 Å². The highest BCUT2D eigenvalue weighted by molar-refractivity contribution is 7.99. The molecule has 0 heterocycles. The van der Waals surface area contributed by atoms with Crippen LogP contribution in [0.5, 0.6) is 0 Å². The van der Waals surface area contributed by atoms with Gasteiger partial charge in [-0.15, -0.1) is 11.8 Å². The maximum atomic E-state index is 5.90. The van der Waals surface area contributed by atoms with Gasteiger partial charge in [0, 0.05) is 30.1 Å². The van der Waals surface area contributed by atoms with E-state index in [4.69, 9.17) is 33.7 Å². The van der Waals surface area contributed by atoms with Gasteiger partial charge in [0.05, 0.1) is 10.0 Å². The van der Waals surface area contributed by atoms with Gasteiger partial charge in [-0.3, -0.25) is 0 Å². The van der Waals surface area contributed by atoms with Crippen LogP contribution in [0.1, 0.15) is 6.42 Å². The molecule has 0 amide bonds. The average molecular weight is 266 g/mol. The first-order valence-corrected chi connectivity index (χ1v) is 6.25. The Labute approximate surface area is 104 Å². The van der Waals surface area contributed by atoms with Gasteiger partial charge in [-0.2, -0.15) is 0 Å². The minimum Gasteiger partial charge on any atom is -0.398 e. The molecule has 1 aromatic carbocycles. The Morgan fingerprint density at radius 1 is 1.33 bits per heavy atom. The van der Waals surface area contributed by atoms with Gasteiger partial charge < -0.3 is 10.5 Å². The van der Waals surface area contributed by atoms with Gasteiger partial charge in [-0.1, -0.05) is 23.2 Å². The highest BCUT2D eigenvalue weighted by Gasteiger charge is 2.05. The minimum atomic E-state index is 0.496. The van der Waals surface area contributed by atoms with Crippen molar-refractivity contribution >= 4 is 40.7 Å². The summed E-state index contributed by atoms with van der Waals surface area (Å²) in [5, 5.41) is 1.04. The second-order valence-corrected chi connectivity index (χ2v) is 4.95. The molecule has 5 heteroatoms. The van der Waals surface area contributed by atoms with Crippen molar-refractivity contribution in [3.05, 3.63) is 22.2 Å². The minimum absolute atomic E-state index is 0.496. The number of nitrogens with two attached hydrogens (primary N) is 1. The molecule has 2 N–H and O–H groups in total. The van der Waals surface area contributed by atoms with Gasteiger partial charge in [-0.25, -0.2) is 0 Å². The van der Waals surface area contributed by atoms with E-state index in [1.54, 1.807) is 31.0 Å². The number of methoxy groups -OCH3 is 1. The maximum Gasteiger partial charge on any atom is 0.0613 e. The smallest absolute Gasteiger partial charge is 0.0613 e. The fourth-order valence-corrected chi connectivity index (χ4v) is 2.36. The lowest BCUT2D eigenvalue weighted by Gasteiger charge is -2.07. The first kappa shape index (κ1) is 13.0. The quantitative estimate of drug-likeness (QED) is 0.501. The fourth-order valence-electron chi connectivity index (χ4n) is 1.05. The normalized spacial score (nSPS) is 10.6. The number of benzene rings is 1. The van der Waals surface area contributed by atoms with E-state index in [0.29, 0.717) is 15.7 Å². The maximum absolute atomic E-state index is 5.90. The van der Waals surface area contributed by atoms with Crippen LogP contribution in [0.3, 0.4) is 0 Å². The zero-order valence-corrected chi connectivity index (χ0v) is 10.8. The van der Waals surface area contributed by atoms with Crippen molar-refractivity contribution in [3.8, 4) is 0 Å². The molecule has 2 nitrogen and oxygen atoms in total. The summed E-state index contributed by atoms with van der Waals surface area (Å²) in [6.07, 6.45) is 0.987. The van der Waals surface area contributed by atoms with Gasteiger partial charge in [0.1, 0.15) is 0 Å². The van der Waals surface area contributed by atoms with E-state index in [0.717, 1.165) is 23.7 Å². The van der Waals surface area contributed by atoms with Crippen LogP contribution in [0.4, 0.5) is 5.69 Å². The number of halogens is 2. The summed E-state index contributed by atoms with van der Waals surface area (Å²) in [5.41, 5.74) is 6.48. The summed E-state index contributed by atoms with van der Waals surface area (Å²) in [6, 6.07) is 3.49. The van der Waals surface area contributed by atoms with E-state index in [1.807, 2.05) is 0 Å². The van der Waals surface area contributed by atoms with Crippen LogP contribution in [-0.2, 0) is 4.74 Å². The second kappa shape index (κ2) is 6.48. The van der Waals surface area contributed by atoms with E-state index in [1.165, 1.54) is 0 Å². The van der Waals surface area contributed by atoms with Crippen molar-refractivity contribution in [3.63, 3.8) is 0 Å². The zero-order valence-electron chi connectivity index (χ0n) is 8.43. The third-order valence-electron chi connectivity index (χ3n) is 1.80.